The topological polar surface area (TPSA) is 26.7 Å². The van der Waals surface area contributed by atoms with Crippen molar-refractivity contribution in [3.8, 4) is 0 Å². The van der Waals surface area contributed by atoms with Gasteiger partial charge in [0.15, 0.2) is 0 Å². The SMILES string of the molecule is CC(C)(S)N1CCN(CCO)CC1. The van der Waals surface area contributed by atoms with Gasteiger partial charge in [-0.2, -0.15) is 12.6 Å². The zero-order valence-electron chi connectivity index (χ0n) is 8.53. The van der Waals surface area contributed by atoms with Crippen LogP contribution in [0.2, 0.25) is 0 Å². The molecule has 0 aromatic carbocycles. The van der Waals surface area contributed by atoms with Crippen LogP contribution in [0.3, 0.4) is 0 Å². The Hall–Kier alpha value is 0.230. The van der Waals surface area contributed by atoms with Crippen molar-refractivity contribution < 1.29 is 5.11 Å². The van der Waals surface area contributed by atoms with Crippen LogP contribution in [0.5, 0.6) is 0 Å². The van der Waals surface area contributed by atoms with E-state index >= 15 is 0 Å². The molecular formula is C9H20N2OS. The maximum absolute atomic E-state index is 8.77. The normalized spacial score (nSPS) is 22.2. The second-order valence-corrected chi connectivity index (χ2v) is 5.14. The van der Waals surface area contributed by atoms with Gasteiger partial charge in [-0.05, 0) is 13.8 Å². The smallest absolute Gasteiger partial charge is 0.0584 e. The fourth-order valence-corrected chi connectivity index (χ4v) is 1.86. The third-order valence-corrected chi connectivity index (χ3v) is 2.85. The van der Waals surface area contributed by atoms with Crippen LogP contribution in [-0.4, -0.2) is 59.1 Å². The predicted octanol–water partition coefficient (Wildman–Crippen LogP) is 0.262. The van der Waals surface area contributed by atoms with Gasteiger partial charge in [0.05, 0.1) is 11.5 Å². The molecule has 1 aliphatic rings. The van der Waals surface area contributed by atoms with Crippen LogP contribution in [0.1, 0.15) is 13.8 Å². The number of hydrogen-bond acceptors (Lipinski definition) is 4. The first-order valence-corrected chi connectivity index (χ1v) is 5.29. The van der Waals surface area contributed by atoms with E-state index in [0.29, 0.717) is 0 Å². The lowest BCUT2D eigenvalue weighted by Crippen LogP contribution is -2.52. The fraction of sp³-hybridized carbons (Fsp3) is 1.00. The summed E-state index contributed by atoms with van der Waals surface area (Å²) >= 11 is 4.54. The van der Waals surface area contributed by atoms with E-state index in [1.807, 2.05) is 0 Å². The standard InChI is InChI=1S/C9H20N2OS/c1-9(2,13)11-5-3-10(4-6-11)7-8-12/h12-13H,3-8H2,1-2H3. The lowest BCUT2D eigenvalue weighted by atomic mass is 10.2. The Morgan fingerprint density at radius 2 is 1.77 bits per heavy atom. The van der Waals surface area contributed by atoms with Gasteiger partial charge in [0.25, 0.3) is 0 Å². The minimum Gasteiger partial charge on any atom is -0.395 e. The van der Waals surface area contributed by atoms with Gasteiger partial charge in [0, 0.05) is 32.7 Å². The maximum Gasteiger partial charge on any atom is 0.0584 e. The molecule has 0 aromatic rings. The van der Waals surface area contributed by atoms with E-state index < -0.39 is 0 Å². The molecule has 0 bridgehead atoms. The number of aliphatic hydroxyl groups is 1. The molecular weight excluding hydrogens is 184 g/mol. The molecule has 0 atom stereocenters. The number of β-amino-alcohol motifs (C(OH)–C–C–N with tert-alkyl or cyclic N) is 1. The number of piperazine rings is 1. The van der Waals surface area contributed by atoms with Crippen LogP contribution in [0.4, 0.5) is 0 Å². The molecule has 3 nitrogen and oxygen atoms in total. The molecule has 0 unspecified atom stereocenters. The van der Waals surface area contributed by atoms with E-state index in [-0.39, 0.29) is 11.5 Å². The van der Waals surface area contributed by atoms with E-state index in [1.165, 1.54) is 0 Å². The molecule has 0 aliphatic carbocycles. The van der Waals surface area contributed by atoms with E-state index in [9.17, 15) is 0 Å². The molecule has 0 saturated carbocycles. The summed E-state index contributed by atoms with van der Waals surface area (Å²) in [6.45, 7) is 9.52. The molecule has 1 fully saturated rings. The van der Waals surface area contributed by atoms with E-state index in [0.717, 1.165) is 32.7 Å². The van der Waals surface area contributed by atoms with Gasteiger partial charge in [0.2, 0.25) is 0 Å². The summed E-state index contributed by atoms with van der Waals surface area (Å²) in [7, 11) is 0. The minimum absolute atomic E-state index is 0.00863. The van der Waals surface area contributed by atoms with Gasteiger partial charge in [0.1, 0.15) is 0 Å². The largest absolute Gasteiger partial charge is 0.395 e. The maximum atomic E-state index is 8.77. The van der Waals surface area contributed by atoms with Crippen molar-refractivity contribution in [3.05, 3.63) is 0 Å². The molecule has 4 heteroatoms. The molecule has 0 aromatic heterocycles. The zero-order chi connectivity index (χ0) is 9.90. The van der Waals surface area contributed by atoms with E-state index in [2.05, 4.69) is 36.3 Å². The second kappa shape index (κ2) is 4.64. The summed E-state index contributed by atoms with van der Waals surface area (Å²) in [5, 5.41) is 8.77. The van der Waals surface area contributed by atoms with Gasteiger partial charge in [-0.25, -0.2) is 0 Å². The van der Waals surface area contributed by atoms with Crippen LogP contribution in [0, 0.1) is 0 Å². The summed E-state index contributed by atoms with van der Waals surface area (Å²) in [4.78, 5) is 4.64. The minimum atomic E-state index is -0.00863. The van der Waals surface area contributed by atoms with Crippen molar-refractivity contribution >= 4 is 12.6 Å². The van der Waals surface area contributed by atoms with Crippen LogP contribution >= 0.6 is 12.6 Å². The molecule has 0 spiro atoms. The molecule has 1 heterocycles. The quantitative estimate of drug-likeness (QED) is 0.646. The third kappa shape index (κ3) is 3.46. The Balaban J connectivity index is 2.30. The van der Waals surface area contributed by atoms with Crippen molar-refractivity contribution in [1.82, 2.24) is 9.80 Å². The molecule has 0 radical (unpaired) electrons. The van der Waals surface area contributed by atoms with Crippen molar-refractivity contribution in [1.29, 1.82) is 0 Å². The summed E-state index contributed by atoms with van der Waals surface area (Å²) < 4.78 is 0. The Kier molecular flexibility index (Phi) is 4.04. The summed E-state index contributed by atoms with van der Waals surface area (Å²) in [6.07, 6.45) is 0. The Morgan fingerprint density at radius 1 is 1.23 bits per heavy atom. The van der Waals surface area contributed by atoms with Crippen LogP contribution in [0.25, 0.3) is 0 Å². The predicted molar refractivity (Wildman–Crippen MR) is 58.2 cm³/mol. The third-order valence-electron chi connectivity index (χ3n) is 2.56. The molecule has 13 heavy (non-hydrogen) atoms. The first-order chi connectivity index (χ1) is 6.04. The summed E-state index contributed by atoms with van der Waals surface area (Å²) in [5.74, 6) is 0. The van der Waals surface area contributed by atoms with Crippen LogP contribution in [0.15, 0.2) is 0 Å². The van der Waals surface area contributed by atoms with Crippen molar-refractivity contribution in [3.63, 3.8) is 0 Å². The van der Waals surface area contributed by atoms with Gasteiger partial charge in [-0.3, -0.25) is 9.80 Å². The van der Waals surface area contributed by atoms with Crippen LogP contribution < -0.4 is 0 Å². The average molecular weight is 204 g/mol. The number of nitrogens with zero attached hydrogens (tertiary/aromatic N) is 2. The number of aliphatic hydroxyl groups excluding tert-OH is 1. The molecule has 1 aliphatic heterocycles. The van der Waals surface area contributed by atoms with Crippen molar-refractivity contribution in [2.75, 3.05) is 39.3 Å². The van der Waals surface area contributed by atoms with Crippen molar-refractivity contribution in [2.24, 2.45) is 0 Å². The lowest BCUT2D eigenvalue weighted by Gasteiger charge is -2.41. The summed E-state index contributed by atoms with van der Waals surface area (Å²) in [5.41, 5.74) is 0. The van der Waals surface area contributed by atoms with Crippen molar-refractivity contribution in [2.45, 2.75) is 18.7 Å². The first-order valence-electron chi connectivity index (χ1n) is 4.84. The summed E-state index contributed by atoms with van der Waals surface area (Å²) in [6, 6.07) is 0. The lowest BCUT2D eigenvalue weighted by molar-refractivity contribution is 0.0838. The molecule has 1 rings (SSSR count). The highest BCUT2D eigenvalue weighted by atomic mass is 32.1. The van der Waals surface area contributed by atoms with Gasteiger partial charge < -0.3 is 5.11 Å². The van der Waals surface area contributed by atoms with Gasteiger partial charge in [-0.15, -0.1) is 0 Å². The number of rotatable bonds is 3. The Morgan fingerprint density at radius 3 is 2.15 bits per heavy atom. The number of thiol groups is 1. The van der Waals surface area contributed by atoms with E-state index in [1.54, 1.807) is 0 Å². The monoisotopic (exact) mass is 204 g/mol. The highest BCUT2D eigenvalue weighted by molar-refractivity contribution is 7.81. The first kappa shape index (κ1) is 11.3. The molecule has 0 amide bonds. The zero-order valence-corrected chi connectivity index (χ0v) is 9.43. The molecule has 78 valence electrons. The highest BCUT2D eigenvalue weighted by Crippen LogP contribution is 2.19. The van der Waals surface area contributed by atoms with E-state index in [4.69, 9.17) is 5.11 Å². The van der Waals surface area contributed by atoms with Crippen LogP contribution in [-0.2, 0) is 0 Å². The van der Waals surface area contributed by atoms with Gasteiger partial charge in [-0.1, -0.05) is 0 Å². The molecule has 1 N–H and O–H groups in total. The highest BCUT2D eigenvalue weighted by Gasteiger charge is 2.25. The second-order valence-electron chi connectivity index (χ2n) is 4.05. The number of hydrogen-bond donors (Lipinski definition) is 2. The Bertz CT molecular complexity index is 150. The molecule has 1 saturated heterocycles. The fourth-order valence-electron chi connectivity index (χ4n) is 1.66. The Labute approximate surface area is 86.1 Å². The average Bonchev–Trinajstić information content (AvgIpc) is 2.04. The van der Waals surface area contributed by atoms with Gasteiger partial charge >= 0.3 is 0 Å².